The lowest BCUT2D eigenvalue weighted by atomic mass is 10.0. The Bertz CT molecular complexity index is 1500. The van der Waals surface area contributed by atoms with E-state index in [0.29, 0.717) is 10.9 Å². The van der Waals surface area contributed by atoms with Crippen LogP contribution in [-0.4, -0.2) is 63.3 Å². The van der Waals surface area contributed by atoms with Crippen LogP contribution in [0.5, 0.6) is 0 Å². The second-order valence-corrected chi connectivity index (χ2v) is 18.9. The summed E-state index contributed by atoms with van der Waals surface area (Å²) < 4.78 is 44.4. The highest BCUT2D eigenvalue weighted by atomic mass is 79.9. The minimum atomic E-state index is -1.06. The molecule has 3 saturated heterocycles. The number of rotatable bonds is 8. The maximum absolute atomic E-state index is 14.4. The first-order chi connectivity index (χ1) is 23.1. The SMILES string of the molecule is CC[C@H]1SC(Br)[C@@H](F)[C@@H]1C.CC[C@H]1S[C@@H](n2ccc(CC(=O)C(C)C)nc2=O)[C@@H](F)[C@@H]1C.CC[C@H]1S[C@@H](n2ccc(N)nc2=O)[C@@H](F)[C@@H]1C. The fourth-order valence-corrected chi connectivity index (χ4v) is 12.0. The number of anilines is 1. The van der Waals surface area contributed by atoms with E-state index in [2.05, 4.69) is 32.8 Å². The van der Waals surface area contributed by atoms with Gasteiger partial charge in [0.1, 0.15) is 40.9 Å². The van der Waals surface area contributed by atoms with Gasteiger partial charge in [0.25, 0.3) is 0 Å². The first kappa shape index (κ1) is 42.0. The van der Waals surface area contributed by atoms with Crippen molar-refractivity contribution >= 4 is 62.8 Å². The summed E-state index contributed by atoms with van der Waals surface area (Å²) in [7, 11) is 0. The van der Waals surface area contributed by atoms with E-state index in [0.717, 1.165) is 19.3 Å². The normalized spacial score (nSPS) is 33.9. The summed E-state index contributed by atoms with van der Waals surface area (Å²) in [6.07, 6.45) is 3.38. The molecule has 0 bridgehead atoms. The number of hydrogen-bond acceptors (Lipinski definition) is 9. The fourth-order valence-electron chi connectivity index (χ4n) is 6.08. The zero-order valence-corrected chi connectivity index (χ0v) is 33.5. The van der Waals surface area contributed by atoms with Crippen LogP contribution in [0.15, 0.2) is 34.1 Å². The van der Waals surface area contributed by atoms with Crippen molar-refractivity contribution in [3.8, 4) is 0 Å². The van der Waals surface area contributed by atoms with Gasteiger partial charge in [0.2, 0.25) is 0 Å². The molecule has 0 radical (unpaired) electrons. The van der Waals surface area contributed by atoms with Crippen LogP contribution in [0.1, 0.15) is 91.1 Å². The molecule has 5 heterocycles. The topological polar surface area (TPSA) is 113 Å². The molecule has 0 spiro atoms. The molecule has 0 saturated carbocycles. The molecule has 1 unspecified atom stereocenters. The Hall–Kier alpha value is -1.45. The molecule has 49 heavy (non-hydrogen) atoms. The van der Waals surface area contributed by atoms with E-state index in [4.69, 9.17) is 5.73 Å². The van der Waals surface area contributed by atoms with Gasteiger partial charge in [-0.05, 0) is 31.4 Å². The summed E-state index contributed by atoms with van der Waals surface area (Å²) in [5.41, 5.74) is 4.92. The Kier molecular flexibility index (Phi) is 16.2. The standard InChI is InChI=1S/C16H23FN2O2S.C11H16FN3OS.C7H12BrFS/c1-5-13-10(4)14(17)15(22-13)19-7-6-11(18-16(19)21)8-12(20)9(2)3;1-3-7-6(2)9(12)10(17-7)15-5-4-8(13)14-11(15)16;1-3-5-4(2)6(9)7(8)10-5/h6-7,9-10,13-15H,5,8H2,1-4H3;4-7,9-10H,3H2,1-2H3,(H2,13,14,16);4-7H,3H2,1-2H3/t10-,13-,14+,15-;6-,7-,9+,10-;4-,5-,6+,7?/m111/s1. The number of alkyl halides is 4. The maximum atomic E-state index is 14.4. The summed E-state index contributed by atoms with van der Waals surface area (Å²) in [5, 5.41) is -0.0155. The number of carbonyl (C=O) groups is 1. The first-order valence-corrected chi connectivity index (χ1v) is 20.8. The highest BCUT2D eigenvalue weighted by Gasteiger charge is 2.43. The lowest BCUT2D eigenvalue weighted by Crippen LogP contribution is -2.30. The second-order valence-electron chi connectivity index (χ2n) is 13.2. The van der Waals surface area contributed by atoms with Crippen LogP contribution in [0.3, 0.4) is 0 Å². The number of aromatic nitrogens is 4. The van der Waals surface area contributed by atoms with Crippen molar-refractivity contribution < 1.29 is 18.0 Å². The number of nitrogens with zero attached hydrogens (tertiary/aromatic N) is 4. The molecule has 0 aliphatic carbocycles. The number of nitrogen functional groups attached to an aromatic ring is 1. The van der Waals surface area contributed by atoms with Gasteiger partial charge in [-0.25, -0.2) is 22.8 Å². The monoisotopic (exact) mass is 809 g/mol. The molecule has 2 aromatic rings. The second kappa shape index (κ2) is 18.9. The van der Waals surface area contributed by atoms with Crippen molar-refractivity contribution in [2.24, 2.45) is 23.7 Å². The quantitative estimate of drug-likeness (QED) is 0.265. The number of thioether (sulfide) groups is 3. The third-order valence-corrected chi connectivity index (χ3v) is 16.0. The lowest BCUT2D eigenvalue weighted by Gasteiger charge is -2.16. The molecular weight excluding hydrogens is 760 g/mol. The number of hydrogen-bond donors (Lipinski definition) is 1. The summed E-state index contributed by atoms with van der Waals surface area (Å²) in [5.74, 6) is 0.233. The minimum Gasteiger partial charge on any atom is -0.383 e. The predicted octanol–water partition coefficient (Wildman–Crippen LogP) is 8.04. The zero-order valence-electron chi connectivity index (χ0n) is 29.5. The largest absolute Gasteiger partial charge is 0.383 e. The van der Waals surface area contributed by atoms with Crippen molar-refractivity contribution in [2.75, 3.05) is 5.73 Å². The van der Waals surface area contributed by atoms with E-state index in [1.807, 2.05) is 48.5 Å². The van der Waals surface area contributed by atoms with Gasteiger partial charge in [-0.2, -0.15) is 9.97 Å². The molecule has 5 rings (SSSR count). The number of Topliss-reactive ketones (excluding diaryl/α,β-unsaturated/α-hetero) is 1. The van der Waals surface area contributed by atoms with Crippen LogP contribution in [0.2, 0.25) is 0 Å². The van der Waals surface area contributed by atoms with Crippen LogP contribution in [0.4, 0.5) is 19.0 Å². The summed E-state index contributed by atoms with van der Waals surface area (Å²) >= 11 is 8.04. The fraction of sp³-hybridized carbons (Fsp3) is 0.735. The Morgan fingerprint density at radius 1 is 0.796 bits per heavy atom. The smallest absolute Gasteiger partial charge is 0.350 e. The molecule has 12 atom stereocenters. The summed E-state index contributed by atoms with van der Waals surface area (Å²) in [6, 6.07) is 3.18. The Morgan fingerprint density at radius 2 is 1.22 bits per heavy atom. The Morgan fingerprint density at radius 3 is 1.57 bits per heavy atom. The molecule has 3 aliphatic rings. The van der Waals surface area contributed by atoms with E-state index >= 15 is 0 Å². The molecule has 3 fully saturated rings. The molecule has 3 aliphatic heterocycles. The van der Waals surface area contributed by atoms with E-state index in [1.54, 1.807) is 24.0 Å². The number of halogens is 4. The average molecular weight is 811 g/mol. The molecule has 2 aromatic heterocycles. The third-order valence-electron chi connectivity index (χ3n) is 9.49. The molecule has 276 valence electrons. The molecule has 2 N–H and O–H groups in total. The van der Waals surface area contributed by atoms with Gasteiger partial charge in [0.05, 0.1) is 9.85 Å². The minimum absolute atomic E-state index is 0.0347. The number of carbonyl (C=O) groups excluding carboxylic acids is 1. The van der Waals surface area contributed by atoms with Crippen molar-refractivity contribution in [3.63, 3.8) is 0 Å². The zero-order chi connectivity index (χ0) is 36.7. The molecule has 15 heteroatoms. The van der Waals surface area contributed by atoms with Crippen molar-refractivity contribution in [3.05, 3.63) is 51.2 Å². The van der Waals surface area contributed by atoms with Gasteiger partial charge < -0.3 is 5.73 Å². The Balaban J connectivity index is 0.000000213. The van der Waals surface area contributed by atoms with Crippen LogP contribution in [0, 0.1) is 23.7 Å². The average Bonchev–Trinajstić information content (AvgIpc) is 3.62. The van der Waals surface area contributed by atoms with E-state index in [1.165, 1.54) is 44.9 Å². The number of ketones is 1. The van der Waals surface area contributed by atoms with Crippen molar-refractivity contribution in [1.29, 1.82) is 0 Å². The van der Waals surface area contributed by atoms with Gasteiger partial charge >= 0.3 is 11.4 Å². The van der Waals surface area contributed by atoms with Crippen molar-refractivity contribution in [1.82, 2.24) is 19.1 Å². The Labute approximate surface area is 309 Å². The first-order valence-electron chi connectivity index (χ1n) is 17.0. The lowest BCUT2D eigenvalue weighted by molar-refractivity contribution is -0.121. The third kappa shape index (κ3) is 10.3. The molecule has 8 nitrogen and oxygen atoms in total. The van der Waals surface area contributed by atoms with E-state index in [-0.39, 0.29) is 56.4 Å². The highest BCUT2D eigenvalue weighted by molar-refractivity contribution is 9.11. The van der Waals surface area contributed by atoms with Gasteiger partial charge in [0.15, 0.2) is 0 Å². The van der Waals surface area contributed by atoms with Crippen LogP contribution in [-0.2, 0) is 11.2 Å². The van der Waals surface area contributed by atoms with Gasteiger partial charge in [-0.15, -0.1) is 35.3 Å². The van der Waals surface area contributed by atoms with Gasteiger partial charge in [-0.3, -0.25) is 13.9 Å². The highest BCUT2D eigenvalue weighted by Crippen LogP contribution is 2.48. The van der Waals surface area contributed by atoms with E-state index < -0.39 is 40.6 Å². The summed E-state index contributed by atoms with van der Waals surface area (Å²) in [6.45, 7) is 15.6. The van der Waals surface area contributed by atoms with Crippen LogP contribution >= 0.6 is 51.2 Å². The summed E-state index contributed by atoms with van der Waals surface area (Å²) in [4.78, 5) is 43.2. The molecule has 0 aromatic carbocycles. The maximum Gasteiger partial charge on any atom is 0.350 e. The molecule has 0 amide bonds. The number of nitrogens with two attached hydrogens (primary N) is 1. The van der Waals surface area contributed by atoms with E-state index in [9.17, 15) is 27.6 Å². The molecular formula is C34H51BrF3N5O3S3. The van der Waals surface area contributed by atoms with Crippen LogP contribution in [0.25, 0.3) is 0 Å². The van der Waals surface area contributed by atoms with Crippen molar-refractivity contribution in [2.45, 2.75) is 130 Å². The predicted molar refractivity (Wildman–Crippen MR) is 203 cm³/mol. The van der Waals surface area contributed by atoms with Gasteiger partial charge in [0, 0.05) is 58.2 Å². The van der Waals surface area contributed by atoms with Gasteiger partial charge in [-0.1, -0.05) is 71.3 Å². The van der Waals surface area contributed by atoms with Crippen LogP contribution < -0.4 is 17.1 Å².